The van der Waals surface area contributed by atoms with Gasteiger partial charge in [-0.2, -0.15) is 10.2 Å². The van der Waals surface area contributed by atoms with Crippen LogP contribution in [0.1, 0.15) is 42.9 Å². The van der Waals surface area contributed by atoms with Crippen LogP contribution in [0.2, 0.25) is 0 Å². The highest BCUT2D eigenvalue weighted by atomic mass is 16.5. The lowest BCUT2D eigenvalue weighted by molar-refractivity contribution is 0.0949. The first kappa shape index (κ1) is 20.1. The number of benzene rings is 2. The molecule has 0 spiro atoms. The van der Waals surface area contributed by atoms with Crippen molar-refractivity contribution in [3.63, 3.8) is 0 Å². The minimum atomic E-state index is -0.553. The molecule has 2 N–H and O–H groups in total. The zero-order chi connectivity index (χ0) is 21.1. The Morgan fingerprint density at radius 2 is 1.90 bits per heavy atom. The van der Waals surface area contributed by atoms with Crippen molar-refractivity contribution in [2.45, 2.75) is 26.8 Å². The quantitative estimate of drug-likeness (QED) is 0.511. The number of aromatic nitrogens is 2. The molecule has 0 fully saturated rings. The first-order valence-electron chi connectivity index (χ1n) is 9.07. The fourth-order valence-corrected chi connectivity index (χ4v) is 2.92. The summed E-state index contributed by atoms with van der Waals surface area (Å²) in [5, 5.41) is 19.3. The molecule has 0 saturated heterocycles. The third-order valence-corrected chi connectivity index (χ3v) is 4.45. The first-order valence-corrected chi connectivity index (χ1v) is 9.07. The van der Waals surface area contributed by atoms with Gasteiger partial charge in [-0.25, -0.2) is 10.1 Å². The molecule has 29 heavy (non-hydrogen) atoms. The summed E-state index contributed by atoms with van der Waals surface area (Å²) in [6.45, 7) is 5.29. The van der Waals surface area contributed by atoms with Crippen molar-refractivity contribution in [1.82, 2.24) is 15.2 Å². The maximum atomic E-state index is 12.8. The number of nitrogens with zero attached hydrogens (tertiary/aromatic N) is 3. The van der Waals surface area contributed by atoms with Crippen LogP contribution in [0.15, 0.2) is 52.4 Å². The number of hydrazone groups is 1. The molecule has 0 unspecified atom stereocenters. The van der Waals surface area contributed by atoms with Crippen LogP contribution in [0.5, 0.6) is 11.5 Å². The summed E-state index contributed by atoms with van der Waals surface area (Å²) in [6, 6.07) is 11.4. The number of carbonyl (C=O) groups excluding carboxylic acids is 1. The Kier molecular flexibility index (Phi) is 5.63. The Morgan fingerprint density at radius 3 is 2.52 bits per heavy atom. The normalized spacial score (nSPS) is 11.7. The molecule has 0 saturated carbocycles. The molecule has 0 atom stereocenters. The predicted octanol–water partition coefficient (Wildman–Crippen LogP) is 2.85. The predicted molar refractivity (Wildman–Crippen MR) is 111 cm³/mol. The maximum Gasteiger partial charge on any atom is 0.292 e. The van der Waals surface area contributed by atoms with Crippen molar-refractivity contribution in [2.24, 2.45) is 5.10 Å². The molecule has 8 nitrogen and oxygen atoms in total. The molecule has 1 amide bonds. The van der Waals surface area contributed by atoms with Crippen LogP contribution in [0.25, 0.3) is 10.8 Å². The van der Waals surface area contributed by atoms with Crippen molar-refractivity contribution in [1.29, 1.82) is 0 Å². The number of carbonyl (C=O) groups is 1. The average Bonchev–Trinajstić information content (AvgIpc) is 2.71. The first-order chi connectivity index (χ1) is 13.8. The largest absolute Gasteiger partial charge is 0.507 e. The van der Waals surface area contributed by atoms with Gasteiger partial charge in [-0.05, 0) is 39.0 Å². The number of phenols is 1. The Hall–Kier alpha value is -3.68. The van der Waals surface area contributed by atoms with Crippen LogP contribution in [0, 0.1) is 0 Å². The van der Waals surface area contributed by atoms with Crippen LogP contribution >= 0.6 is 0 Å². The lowest BCUT2D eigenvalue weighted by atomic mass is 10.1. The monoisotopic (exact) mass is 394 g/mol. The molecule has 3 aromatic rings. The summed E-state index contributed by atoms with van der Waals surface area (Å²) >= 11 is 0. The van der Waals surface area contributed by atoms with Gasteiger partial charge in [-0.3, -0.25) is 9.59 Å². The molecular weight excluding hydrogens is 372 g/mol. The average molecular weight is 394 g/mol. The van der Waals surface area contributed by atoms with E-state index in [4.69, 9.17) is 4.74 Å². The van der Waals surface area contributed by atoms with Crippen molar-refractivity contribution >= 4 is 22.4 Å². The van der Waals surface area contributed by atoms with Crippen LogP contribution in [0.3, 0.4) is 0 Å². The van der Waals surface area contributed by atoms with E-state index in [1.54, 1.807) is 43.3 Å². The molecule has 1 heterocycles. The van der Waals surface area contributed by atoms with Crippen molar-refractivity contribution < 1.29 is 14.6 Å². The van der Waals surface area contributed by atoms with E-state index in [2.05, 4.69) is 15.6 Å². The molecule has 3 rings (SSSR count). The number of aromatic hydroxyl groups is 1. The smallest absolute Gasteiger partial charge is 0.292 e. The van der Waals surface area contributed by atoms with E-state index in [1.807, 2.05) is 13.8 Å². The maximum absolute atomic E-state index is 12.8. The highest BCUT2D eigenvalue weighted by molar-refractivity contribution is 6.06. The third-order valence-electron chi connectivity index (χ3n) is 4.45. The number of fused-ring (bicyclic) bond motifs is 1. The fourth-order valence-electron chi connectivity index (χ4n) is 2.92. The van der Waals surface area contributed by atoms with Gasteiger partial charge in [0.05, 0.1) is 24.2 Å². The van der Waals surface area contributed by atoms with Gasteiger partial charge in [0.15, 0.2) is 5.69 Å². The van der Waals surface area contributed by atoms with Gasteiger partial charge in [-0.1, -0.05) is 18.2 Å². The Balaban J connectivity index is 1.97. The van der Waals surface area contributed by atoms with Crippen molar-refractivity contribution in [2.75, 3.05) is 7.11 Å². The second-order valence-electron chi connectivity index (χ2n) is 6.76. The second kappa shape index (κ2) is 8.14. The topological polar surface area (TPSA) is 106 Å². The number of phenolic OH excluding ortho intramolecular Hbond substituents is 1. The van der Waals surface area contributed by atoms with E-state index in [0.717, 1.165) is 0 Å². The minimum absolute atomic E-state index is 0.0169. The molecule has 2 aromatic carbocycles. The number of amides is 1. The molecule has 0 aliphatic rings. The van der Waals surface area contributed by atoms with E-state index in [9.17, 15) is 14.7 Å². The SMILES string of the molecule is COc1ccc(/C(C)=N/NC(=O)c2nn(C(C)C)c(=O)c3ccccc23)c(O)c1. The van der Waals surface area contributed by atoms with E-state index >= 15 is 0 Å². The highest BCUT2D eigenvalue weighted by Crippen LogP contribution is 2.24. The number of methoxy groups -OCH3 is 1. The Morgan fingerprint density at radius 1 is 1.21 bits per heavy atom. The van der Waals surface area contributed by atoms with Crippen LogP contribution in [-0.2, 0) is 0 Å². The van der Waals surface area contributed by atoms with E-state index in [0.29, 0.717) is 27.8 Å². The van der Waals surface area contributed by atoms with Gasteiger partial charge in [0.2, 0.25) is 0 Å². The summed E-state index contributed by atoms with van der Waals surface area (Å²) in [6.07, 6.45) is 0. The summed E-state index contributed by atoms with van der Waals surface area (Å²) in [5.41, 5.74) is 3.16. The second-order valence-corrected chi connectivity index (χ2v) is 6.76. The standard InChI is InChI=1S/C21H22N4O4/c1-12(2)25-21(28)17-8-6-5-7-16(17)19(24-25)20(27)23-22-13(3)15-10-9-14(29-4)11-18(15)26/h5-12,26H,1-4H3,(H,23,27)/b22-13+. The zero-order valence-corrected chi connectivity index (χ0v) is 16.6. The van der Waals surface area contributed by atoms with Crippen LogP contribution < -0.4 is 15.7 Å². The van der Waals surface area contributed by atoms with Gasteiger partial charge in [0, 0.05) is 17.0 Å². The molecule has 0 aliphatic carbocycles. The van der Waals surface area contributed by atoms with E-state index < -0.39 is 5.91 Å². The van der Waals surface area contributed by atoms with Gasteiger partial charge in [-0.15, -0.1) is 0 Å². The number of hydrogen-bond donors (Lipinski definition) is 2. The summed E-state index contributed by atoms with van der Waals surface area (Å²) in [7, 11) is 1.50. The molecule has 0 radical (unpaired) electrons. The molecular formula is C21H22N4O4. The molecule has 0 bridgehead atoms. The highest BCUT2D eigenvalue weighted by Gasteiger charge is 2.18. The molecule has 0 aliphatic heterocycles. The van der Waals surface area contributed by atoms with E-state index in [1.165, 1.54) is 17.9 Å². The molecule has 150 valence electrons. The number of hydrogen-bond acceptors (Lipinski definition) is 6. The Bertz CT molecular complexity index is 1170. The van der Waals surface area contributed by atoms with Crippen LogP contribution in [-0.4, -0.2) is 33.6 Å². The van der Waals surface area contributed by atoms with Crippen molar-refractivity contribution in [3.05, 3.63) is 64.1 Å². The Labute approximate surface area is 167 Å². The summed E-state index contributed by atoms with van der Waals surface area (Å²) < 4.78 is 6.34. The molecule has 1 aromatic heterocycles. The lowest BCUT2D eigenvalue weighted by Gasteiger charge is -2.13. The van der Waals surface area contributed by atoms with Crippen LogP contribution in [0.4, 0.5) is 0 Å². The zero-order valence-electron chi connectivity index (χ0n) is 16.6. The van der Waals surface area contributed by atoms with Gasteiger partial charge >= 0.3 is 0 Å². The summed E-state index contributed by atoms with van der Waals surface area (Å²) in [5.74, 6) is -0.0607. The minimum Gasteiger partial charge on any atom is -0.507 e. The van der Waals surface area contributed by atoms with Gasteiger partial charge in [0.25, 0.3) is 11.5 Å². The fraction of sp³-hybridized carbons (Fsp3) is 0.238. The number of rotatable bonds is 5. The van der Waals surface area contributed by atoms with Gasteiger partial charge < -0.3 is 9.84 Å². The van der Waals surface area contributed by atoms with Gasteiger partial charge in [0.1, 0.15) is 11.5 Å². The van der Waals surface area contributed by atoms with E-state index in [-0.39, 0.29) is 23.0 Å². The van der Waals surface area contributed by atoms with Crippen molar-refractivity contribution in [3.8, 4) is 11.5 Å². The summed E-state index contributed by atoms with van der Waals surface area (Å²) in [4.78, 5) is 25.4. The number of ether oxygens (including phenoxy) is 1. The number of nitrogens with one attached hydrogen (secondary N) is 1. The third kappa shape index (κ3) is 3.96. The lowest BCUT2D eigenvalue weighted by Crippen LogP contribution is -2.30. The molecule has 8 heteroatoms.